The average Bonchev–Trinajstić information content (AvgIpc) is 1.50. The molecule has 96 heavy (non-hydrogen) atoms. The number of nitrogens with two attached hydrogens (primary N) is 1. The molecule has 20 heteroatoms. The van der Waals surface area contributed by atoms with Crippen LogP contribution in [0.25, 0.3) is 94.2 Å². The average molecular weight is 1300 g/mol. The zero-order chi connectivity index (χ0) is 68.2. The summed E-state index contributed by atoms with van der Waals surface area (Å²) in [6, 6.07) is 16.7. The van der Waals surface area contributed by atoms with Crippen LogP contribution in [0.2, 0.25) is 0 Å². The number of aromatic amines is 4. The van der Waals surface area contributed by atoms with Crippen molar-refractivity contribution in [3.8, 4) is 44.5 Å². The van der Waals surface area contributed by atoms with Gasteiger partial charge in [0, 0.05) is 62.3 Å². The molecule has 9 N–H and O–H groups in total. The molecule has 1 unspecified atom stereocenters. The molecule has 4 aromatic carbocycles. The number of imidazole rings is 4. The molecule has 3 saturated carbocycles. The first-order valence-electron chi connectivity index (χ1n) is 34.5. The fourth-order valence-corrected chi connectivity index (χ4v) is 13.8. The third-order valence-corrected chi connectivity index (χ3v) is 19.9. The zero-order valence-electron chi connectivity index (χ0n) is 58.3. The number of benzene rings is 4. The molecule has 1 atom stereocenters. The fraction of sp³-hybridized carbons (Fsp3) is 0.447. The Morgan fingerprint density at radius 3 is 1.18 bits per heavy atom. The van der Waals surface area contributed by atoms with Gasteiger partial charge in [0.1, 0.15) is 40.5 Å². The zero-order valence-corrected chi connectivity index (χ0v) is 58.3. The molecule has 8 aromatic heterocycles. The van der Waals surface area contributed by atoms with Crippen LogP contribution in [0.4, 0.5) is 5.95 Å². The van der Waals surface area contributed by atoms with Crippen molar-refractivity contribution in [1.29, 1.82) is 0 Å². The van der Waals surface area contributed by atoms with Crippen molar-refractivity contribution < 1.29 is 33.4 Å². The number of H-pyrrole nitrogens is 4. The summed E-state index contributed by atoms with van der Waals surface area (Å²) in [6.07, 6.45) is 14.2. The molecule has 0 saturated heterocycles. The van der Waals surface area contributed by atoms with Gasteiger partial charge in [-0.1, -0.05) is 75.2 Å². The molecule has 0 bridgehead atoms. The van der Waals surface area contributed by atoms with Crippen LogP contribution in [0.3, 0.4) is 0 Å². The normalized spacial score (nSPS) is 14.8. The minimum absolute atomic E-state index is 0.340. The molecule has 20 nitrogen and oxygen atoms in total. The van der Waals surface area contributed by atoms with E-state index in [0.717, 1.165) is 176 Å². The van der Waals surface area contributed by atoms with E-state index in [0.29, 0.717) is 61.3 Å². The van der Waals surface area contributed by atoms with E-state index in [2.05, 4.69) is 95.8 Å². The Balaban J connectivity index is 0.000000122. The van der Waals surface area contributed by atoms with Crippen molar-refractivity contribution in [3.05, 3.63) is 140 Å². The van der Waals surface area contributed by atoms with Gasteiger partial charge in [0.05, 0.1) is 84.2 Å². The van der Waals surface area contributed by atoms with Crippen molar-refractivity contribution in [2.75, 3.05) is 5.73 Å². The summed E-state index contributed by atoms with van der Waals surface area (Å²) < 4.78 is 21.3. The molecule has 504 valence electrons. The van der Waals surface area contributed by atoms with Gasteiger partial charge in [-0.2, -0.15) is 0 Å². The van der Waals surface area contributed by atoms with Gasteiger partial charge in [0.15, 0.2) is 5.95 Å². The number of nitrogens with zero attached hydrogens (tertiary/aromatic N) is 8. The summed E-state index contributed by atoms with van der Waals surface area (Å²) in [4.78, 5) is 32.5. The van der Waals surface area contributed by atoms with Crippen LogP contribution in [-0.2, 0) is 11.2 Å². The second kappa shape index (κ2) is 26.9. The van der Waals surface area contributed by atoms with Gasteiger partial charge in [0.2, 0.25) is 0 Å². The first-order chi connectivity index (χ1) is 46.1. The lowest BCUT2D eigenvalue weighted by atomic mass is 9.85. The molecular weight excluding hydrogens is 1210 g/mol. The number of hydrogen-bond acceptors (Lipinski definition) is 16. The van der Waals surface area contributed by atoms with Gasteiger partial charge in [0.25, 0.3) is 0 Å². The third kappa shape index (κ3) is 13.0. The predicted molar refractivity (Wildman–Crippen MR) is 377 cm³/mol. The molecule has 12 aromatic rings. The smallest absolute Gasteiger partial charge is 0.198 e. The van der Waals surface area contributed by atoms with E-state index in [1.807, 2.05) is 108 Å². The lowest BCUT2D eigenvalue weighted by Gasteiger charge is -2.26. The number of aliphatic hydroxyl groups excluding tert-OH is 1. The number of nitrogen functional groups attached to an aromatic ring is 1. The van der Waals surface area contributed by atoms with Gasteiger partial charge in [-0.3, -0.25) is 0 Å². The molecule has 8 heterocycles. The molecule has 0 spiro atoms. The van der Waals surface area contributed by atoms with Crippen molar-refractivity contribution in [1.82, 2.24) is 60.5 Å². The Bertz CT molecular complexity index is 4750. The quantitative estimate of drug-likeness (QED) is 0.0396. The summed E-state index contributed by atoms with van der Waals surface area (Å²) in [7, 11) is 0. The number of fused-ring (bicyclic) bond motifs is 4. The highest BCUT2D eigenvalue weighted by Gasteiger charge is 2.35. The van der Waals surface area contributed by atoms with Crippen molar-refractivity contribution in [2.24, 2.45) is 0 Å². The summed E-state index contributed by atoms with van der Waals surface area (Å²) in [5.74, 6) is 8.47. The lowest BCUT2D eigenvalue weighted by Crippen LogP contribution is -2.24. The maximum absolute atomic E-state index is 11.2. The van der Waals surface area contributed by atoms with Crippen LogP contribution in [-0.4, -0.2) is 75.8 Å². The molecule has 0 amide bonds. The Morgan fingerprint density at radius 2 is 0.823 bits per heavy atom. The molecular formula is C76H93N13O7. The summed E-state index contributed by atoms with van der Waals surface area (Å²) in [6.45, 7) is 29.8. The topological polar surface area (TPSA) is 306 Å². The van der Waals surface area contributed by atoms with E-state index in [1.165, 1.54) is 49.7 Å². The summed E-state index contributed by atoms with van der Waals surface area (Å²) >= 11 is 0. The monoisotopic (exact) mass is 1300 g/mol. The number of aryl methyl sites for hydroxylation is 8. The fourth-order valence-electron chi connectivity index (χ4n) is 13.8. The lowest BCUT2D eigenvalue weighted by molar-refractivity contribution is 0.0294. The summed E-state index contributed by atoms with van der Waals surface area (Å²) in [5.41, 5.74) is 28.2. The van der Waals surface area contributed by atoms with Crippen LogP contribution < -0.4 is 5.73 Å². The maximum Gasteiger partial charge on any atom is 0.198 e. The Hall–Kier alpha value is -8.98. The standard InChI is InChI=1S/C21H25N3O.C20H25N3O2.C18H21N3O2.C17H22N4O2/c1-5-7-14(6-2)17-10-16(19-12(3)24-25-13(19)4)11-18-20(17)23-21(22-18)15-8-9-15;1-5-20(24,6-2)15-9-14(17-11(3)23-25-12(17)4)10-16-18(15)22-19(21-16)13-7-8-13;1-4-15(22)13-7-12(16-9(2)21-23-10(16)3)8-14-17(13)20-18(19-14)11-5-6-11;1-5-17(22,6-2)12-7-11(14-9(3)21-23-10(14)4)8-13-15(12)20-16(18)19-13/h7,10-11,15H,5-6,8-9H2,1-4H3,(H,22,23);9-10,13,24H,5-8H2,1-4H3,(H,21,22);7-8,11,15,22H,4-6H2,1-3H3,(H,19,20);7-8,22H,5-6H2,1-4H3,(H3,18,19,20)/b14-7+;;;. The third-order valence-electron chi connectivity index (χ3n) is 19.9. The van der Waals surface area contributed by atoms with Gasteiger partial charge in [-0.15, -0.1) is 0 Å². The molecule has 3 aliphatic carbocycles. The minimum Gasteiger partial charge on any atom is -0.388 e. The van der Waals surface area contributed by atoms with Gasteiger partial charge >= 0.3 is 0 Å². The van der Waals surface area contributed by atoms with Crippen molar-refractivity contribution >= 4 is 55.7 Å². The van der Waals surface area contributed by atoms with Crippen molar-refractivity contribution in [3.63, 3.8) is 0 Å². The second-order valence-corrected chi connectivity index (χ2v) is 26.7. The molecule has 3 fully saturated rings. The first-order valence-corrected chi connectivity index (χ1v) is 34.5. The number of aromatic nitrogens is 12. The minimum atomic E-state index is -0.950. The SMILES string of the molecule is CC/C=C(\CC)c1cc(-c2c(C)noc2C)cc2[nH]c(C3CC3)nc12.CCC(O)(CC)c1cc(-c2c(C)noc2C)cc2[nH]c(C3CC3)nc12.CCC(O)(CC)c1cc(-c2c(C)noc2C)cc2[nH]c(N)nc12.CCC(O)c1cc(-c2c(C)noc2C)cc2[nH]c(C3CC3)nc12. The number of anilines is 1. The van der Waals surface area contributed by atoms with Crippen LogP contribution >= 0.6 is 0 Å². The predicted octanol–water partition coefficient (Wildman–Crippen LogP) is 18.2. The first kappa shape index (κ1) is 67.0. The highest BCUT2D eigenvalue weighted by Crippen LogP contribution is 2.46. The Labute approximate surface area is 559 Å². The van der Waals surface area contributed by atoms with Gasteiger partial charge in [-0.25, -0.2) is 19.9 Å². The van der Waals surface area contributed by atoms with Crippen LogP contribution in [0.15, 0.2) is 72.7 Å². The molecule has 0 radical (unpaired) electrons. The van der Waals surface area contributed by atoms with Crippen LogP contribution in [0.5, 0.6) is 0 Å². The number of hydrogen-bond donors (Lipinski definition) is 8. The van der Waals surface area contributed by atoms with E-state index < -0.39 is 17.3 Å². The number of allylic oxidation sites excluding steroid dienone is 2. The highest BCUT2D eigenvalue weighted by atomic mass is 16.5. The second-order valence-electron chi connectivity index (χ2n) is 26.7. The number of rotatable bonds is 18. The van der Waals surface area contributed by atoms with E-state index in [-0.39, 0.29) is 0 Å². The summed E-state index contributed by atoms with van der Waals surface area (Å²) in [5, 5.41) is 49.0. The molecule has 15 rings (SSSR count). The number of aliphatic hydroxyl groups is 3. The molecule has 3 aliphatic rings. The maximum atomic E-state index is 11.2. The highest BCUT2D eigenvalue weighted by molar-refractivity contribution is 5.95. The number of nitrogens with one attached hydrogen (secondary N) is 4. The van der Waals surface area contributed by atoms with E-state index in [1.54, 1.807) is 0 Å². The Morgan fingerprint density at radius 1 is 0.479 bits per heavy atom. The van der Waals surface area contributed by atoms with Gasteiger partial charge in [-0.05, 0) is 215 Å². The van der Waals surface area contributed by atoms with Crippen LogP contribution in [0, 0.1) is 55.4 Å². The van der Waals surface area contributed by atoms with Crippen LogP contribution in [0.1, 0.15) is 241 Å². The van der Waals surface area contributed by atoms with Crippen molar-refractivity contribution in [2.45, 2.75) is 222 Å². The largest absolute Gasteiger partial charge is 0.388 e. The van der Waals surface area contributed by atoms with E-state index in [4.69, 9.17) is 38.8 Å². The Kier molecular flexibility index (Phi) is 18.8. The van der Waals surface area contributed by atoms with Gasteiger partial charge < -0.3 is 59.1 Å². The van der Waals surface area contributed by atoms with E-state index >= 15 is 0 Å². The van der Waals surface area contributed by atoms with E-state index in [9.17, 15) is 15.3 Å². The molecule has 0 aliphatic heterocycles.